The average Bonchev–Trinajstić information content (AvgIpc) is 3.16. The lowest BCUT2D eigenvalue weighted by atomic mass is 10.0. The number of carboxylic acid groups (broad SMARTS) is 1. The molecule has 32 heavy (non-hydrogen) atoms. The molecule has 0 saturated carbocycles. The van der Waals surface area contributed by atoms with E-state index >= 15 is 0 Å². The molecule has 2 aliphatic rings. The second-order valence-electron chi connectivity index (χ2n) is 7.86. The number of hydrogen-bond acceptors (Lipinski definition) is 6. The van der Waals surface area contributed by atoms with Gasteiger partial charge in [-0.3, -0.25) is 19.4 Å². The highest BCUT2D eigenvalue weighted by molar-refractivity contribution is 5.92. The van der Waals surface area contributed by atoms with E-state index in [0.29, 0.717) is 25.2 Å². The van der Waals surface area contributed by atoms with E-state index in [9.17, 15) is 13.6 Å². The van der Waals surface area contributed by atoms with Crippen molar-refractivity contribution in [3.05, 3.63) is 53.7 Å². The molecular weight excluding hydrogens is 422 g/mol. The highest BCUT2D eigenvalue weighted by atomic mass is 19.1. The van der Waals surface area contributed by atoms with Gasteiger partial charge in [-0.2, -0.15) is 0 Å². The Hall–Kier alpha value is -2.85. The number of hydrogen-bond donors (Lipinski definition) is 1. The molecule has 0 spiro atoms. The van der Waals surface area contributed by atoms with Crippen LogP contribution in [0.25, 0.3) is 0 Å². The molecule has 0 aromatic carbocycles. The standard InChI is InChI=1S/C21H26F2N4O2.CH2O2/c22-16-13-19(23)20(24-14-16)21(28)27-7-2-6-26(10-11-27)17-4-8-25(9-5-17)15-18-3-1-12-29-18;2-1-3/h1,3,12-14,17H,2,4-11,15H2;1H,(H,2,3). The summed E-state index contributed by atoms with van der Waals surface area (Å²) in [5.74, 6) is -1.15. The number of carbonyl (C=O) groups is 2. The molecule has 1 amide bonds. The van der Waals surface area contributed by atoms with Crippen LogP contribution >= 0.6 is 0 Å². The molecular formula is C22H28F2N4O4. The summed E-state index contributed by atoms with van der Waals surface area (Å²) < 4.78 is 32.4. The van der Waals surface area contributed by atoms with Gasteiger partial charge >= 0.3 is 0 Å². The third-order valence-corrected chi connectivity index (χ3v) is 5.86. The molecule has 0 atom stereocenters. The zero-order valence-corrected chi connectivity index (χ0v) is 17.8. The number of pyridine rings is 1. The number of amides is 1. The first-order valence-corrected chi connectivity index (χ1v) is 10.7. The van der Waals surface area contributed by atoms with E-state index in [4.69, 9.17) is 14.3 Å². The van der Waals surface area contributed by atoms with Crippen LogP contribution in [0.3, 0.4) is 0 Å². The minimum atomic E-state index is -0.903. The lowest BCUT2D eigenvalue weighted by Gasteiger charge is -2.37. The number of piperidine rings is 1. The predicted molar refractivity (Wildman–Crippen MR) is 112 cm³/mol. The SMILES string of the molecule is O=C(c1ncc(F)cc1F)N1CCCN(C2CCN(Cc3ccco3)CC2)CC1.O=CO. The van der Waals surface area contributed by atoms with E-state index in [-0.39, 0.29) is 12.2 Å². The van der Waals surface area contributed by atoms with Gasteiger partial charge in [0.1, 0.15) is 11.6 Å². The van der Waals surface area contributed by atoms with Gasteiger partial charge in [0.2, 0.25) is 0 Å². The summed E-state index contributed by atoms with van der Waals surface area (Å²) in [4.78, 5) is 31.1. The van der Waals surface area contributed by atoms with Crippen LogP contribution in [0.15, 0.2) is 35.1 Å². The first-order valence-electron chi connectivity index (χ1n) is 10.7. The number of rotatable bonds is 4. The van der Waals surface area contributed by atoms with Crippen molar-refractivity contribution in [2.24, 2.45) is 0 Å². The van der Waals surface area contributed by atoms with Gasteiger partial charge in [0.15, 0.2) is 11.5 Å². The summed E-state index contributed by atoms with van der Waals surface area (Å²) in [6, 6.07) is 5.13. The van der Waals surface area contributed by atoms with E-state index in [1.165, 1.54) is 0 Å². The van der Waals surface area contributed by atoms with Crippen molar-refractivity contribution in [2.75, 3.05) is 39.3 Å². The number of nitrogens with zero attached hydrogens (tertiary/aromatic N) is 4. The van der Waals surface area contributed by atoms with Gasteiger partial charge in [0.05, 0.1) is 19.0 Å². The molecule has 174 valence electrons. The van der Waals surface area contributed by atoms with E-state index in [1.54, 1.807) is 11.2 Å². The molecule has 4 heterocycles. The molecule has 8 nitrogen and oxygen atoms in total. The van der Waals surface area contributed by atoms with Gasteiger partial charge in [-0.1, -0.05) is 0 Å². The molecule has 2 saturated heterocycles. The van der Waals surface area contributed by atoms with Crippen molar-refractivity contribution in [2.45, 2.75) is 31.8 Å². The zero-order chi connectivity index (χ0) is 22.9. The second-order valence-corrected chi connectivity index (χ2v) is 7.86. The highest BCUT2D eigenvalue weighted by Gasteiger charge is 2.29. The lowest BCUT2D eigenvalue weighted by molar-refractivity contribution is -0.122. The summed E-state index contributed by atoms with van der Waals surface area (Å²) in [7, 11) is 0. The molecule has 10 heteroatoms. The lowest BCUT2D eigenvalue weighted by Crippen LogP contribution is -2.46. The van der Waals surface area contributed by atoms with Crippen molar-refractivity contribution in [1.29, 1.82) is 0 Å². The maximum atomic E-state index is 13.9. The van der Waals surface area contributed by atoms with Crippen molar-refractivity contribution in [3.8, 4) is 0 Å². The number of carbonyl (C=O) groups excluding carboxylic acids is 1. The van der Waals surface area contributed by atoms with Gasteiger partial charge in [0.25, 0.3) is 12.4 Å². The van der Waals surface area contributed by atoms with Gasteiger partial charge in [-0.15, -0.1) is 0 Å². The molecule has 0 aliphatic carbocycles. The van der Waals surface area contributed by atoms with Crippen LogP contribution in [0.4, 0.5) is 8.78 Å². The predicted octanol–water partition coefficient (Wildman–Crippen LogP) is 2.47. The van der Waals surface area contributed by atoms with E-state index < -0.39 is 17.5 Å². The first kappa shape index (κ1) is 23.8. The molecule has 2 aromatic rings. The van der Waals surface area contributed by atoms with Crippen LogP contribution in [0.1, 0.15) is 35.5 Å². The fraction of sp³-hybridized carbons (Fsp3) is 0.500. The topological polar surface area (TPSA) is 90.1 Å². The van der Waals surface area contributed by atoms with Gasteiger partial charge < -0.3 is 14.4 Å². The van der Waals surface area contributed by atoms with E-state index in [1.807, 2.05) is 12.1 Å². The first-order chi connectivity index (χ1) is 15.5. The Labute approximate surface area is 185 Å². The van der Waals surface area contributed by atoms with Crippen LogP contribution in [0, 0.1) is 11.6 Å². The third-order valence-electron chi connectivity index (χ3n) is 5.86. The number of likely N-dealkylation sites (tertiary alicyclic amines) is 1. The molecule has 0 radical (unpaired) electrons. The zero-order valence-electron chi connectivity index (χ0n) is 17.8. The Morgan fingerprint density at radius 3 is 2.59 bits per heavy atom. The summed E-state index contributed by atoms with van der Waals surface area (Å²) in [5.41, 5.74) is -0.300. The van der Waals surface area contributed by atoms with Crippen molar-refractivity contribution < 1.29 is 27.9 Å². The highest BCUT2D eigenvalue weighted by Crippen LogP contribution is 2.21. The molecule has 0 bridgehead atoms. The smallest absolute Gasteiger partial charge is 0.290 e. The van der Waals surface area contributed by atoms with Crippen LogP contribution < -0.4 is 0 Å². The number of furan rings is 1. The minimum absolute atomic E-state index is 0.250. The summed E-state index contributed by atoms with van der Waals surface area (Å²) >= 11 is 0. The largest absolute Gasteiger partial charge is 0.483 e. The van der Waals surface area contributed by atoms with Crippen LogP contribution in [-0.4, -0.2) is 82.5 Å². The van der Waals surface area contributed by atoms with Crippen molar-refractivity contribution in [1.82, 2.24) is 19.7 Å². The fourth-order valence-corrected chi connectivity index (χ4v) is 4.29. The average molecular weight is 450 g/mol. The summed E-state index contributed by atoms with van der Waals surface area (Å²) in [6.07, 6.45) is 5.60. The normalized spacial score (nSPS) is 18.5. The Bertz CT molecular complexity index is 873. The van der Waals surface area contributed by atoms with Crippen LogP contribution in [0.2, 0.25) is 0 Å². The van der Waals surface area contributed by atoms with Crippen molar-refractivity contribution >= 4 is 12.4 Å². The quantitative estimate of drug-likeness (QED) is 0.716. The molecule has 2 fully saturated rings. The van der Waals surface area contributed by atoms with Gasteiger partial charge in [-0.05, 0) is 31.4 Å². The Morgan fingerprint density at radius 2 is 1.94 bits per heavy atom. The fourth-order valence-electron chi connectivity index (χ4n) is 4.29. The van der Waals surface area contributed by atoms with Gasteiger partial charge in [-0.25, -0.2) is 13.8 Å². The van der Waals surface area contributed by atoms with E-state index in [2.05, 4.69) is 14.8 Å². The number of halogens is 2. The molecule has 2 aromatic heterocycles. The van der Waals surface area contributed by atoms with Crippen molar-refractivity contribution in [3.63, 3.8) is 0 Å². The van der Waals surface area contributed by atoms with Crippen LogP contribution in [-0.2, 0) is 11.3 Å². The molecule has 4 rings (SSSR count). The second kappa shape index (κ2) is 11.7. The minimum Gasteiger partial charge on any atom is -0.483 e. The molecule has 2 aliphatic heterocycles. The summed E-state index contributed by atoms with van der Waals surface area (Å²) in [5, 5.41) is 6.89. The maximum Gasteiger partial charge on any atom is 0.290 e. The number of aromatic nitrogens is 1. The van der Waals surface area contributed by atoms with Crippen LogP contribution in [0.5, 0.6) is 0 Å². The van der Waals surface area contributed by atoms with E-state index in [0.717, 1.165) is 63.9 Å². The Morgan fingerprint density at radius 1 is 1.19 bits per heavy atom. The van der Waals surface area contributed by atoms with Gasteiger partial charge in [0, 0.05) is 51.4 Å². The summed E-state index contributed by atoms with van der Waals surface area (Å²) in [6.45, 7) is 5.42. The monoisotopic (exact) mass is 450 g/mol. The molecule has 0 unspecified atom stereocenters. The third kappa shape index (κ3) is 6.33. The Balaban J connectivity index is 0.000000913. The molecule has 1 N–H and O–H groups in total. The Kier molecular flexibility index (Phi) is 8.69. The maximum absolute atomic E-state index is 13.9.